The van der Waals surface area contributed by atoms with Gasteiger partial charge in [0.1, 0.15) is 12.4 Å². The molecule has 0 radical (unpaired) electrons. The van der Waals surface area contributed by atoms with E-state index >= 15 is 0 Å². The number of hydrogen-bond donors (Lipinski definition) is 1. The van der Waals surface area contributed by atoms with Gasteiger partial charge in [-0.15, -0.1) is 0 Å². The first kappa shape index (κ1) is 27.1. The fourth-order valence-corrected chi connectivity index (χ4v) is 4.65. The molecule has 0 fully saturated rings. The minimum atomic E-state index is -0.0319. The van der Waals surface area contributed by atoms with Crippen LogP contribution in [-0.2, 0) is 24.3 Å². The molecule has 1 N–H and O–H groups in total. The summed E-state index contributed by atoms with van der Waals surface area (Å²) in [5.41, 5.74) is 4.86. The maximum atomic E-state index is 13.5. The third-order valence-corrected chi connectivity index (χ3v) is 6.84. The number of nitrogens with one attached hydrogen (secondary N) is 1. The van der Waals surface area contributed by atoms with Gasteiger partial charge >= 0.3 is 0 Å². The first-order valence-corrected chi connectivity index (χ1v) is 13.5. The summed E-state index contributed by atoms with van der Waals surface area (Å²) in [7, 11) is 0. The molecule has 0 aliphatic rings. The summed E-state index contributed by atoms with van der Waals surface area (Å²) >= 11 is 0. The number of benzene rings is 3. The standard InChI is InChI=1S/C32H38N4O2/c1-24(2)35(22-26-12-6-4-7-13-26)31(37)23-36-29-15-10-9-14-28(29)34-30(36)16-8-5-11-21-33-32(38)27-19-17-25(3)18-20-27/h4,6-7,9-10,12-15,17-20,24H,5,8,11,16,21-23H2,1-3H3,(H,33,38). The van der Waals surface area contributed by atoms with E-state index in [1.807, 2.05) is 78.6 Å². The van der Waals surface area contributed by atoms with Crippen LogP contribution < -0.4 is 5.32 Å². The predicted molar refractivity (Wildman–Crippen MR) is 153 cm³/mol. The highest BCUT2D eigenvalue weighted by molar-refractivity contribution is 5.94. The van der Waals surface area contributed by atoms with Crippen molar-refractivity contribution in [2.45, 2.75) is 65.6 Å². The van der Waals surface area contributed by atoms with E-state index in [1.165, 1.54) is 0 Å². The minimum Gasteiger partial charge on any atom is -0.352 e. The van der Waals surface area contributed by atoms with Gasteiger partial charge in [0.2, 0.25) is 5.91 Å². The molecule has 0 unspecified atom stereocenters. The Morgan fingerprint density at radius 3 is 2.34 bits per heavy atom. The van der Waals surface area contributed by atoms with Crippen LogP contribution in [0, 0.1) is 6.92 Å². The number of carbonyl (C=O) groups excluding carboxylic acids is 2. The molecule has 6 nitrogen and oxygen atoms in total. The Kier molecular flexibility index (Phi) is 9.30. The Balaban J connectivity index is 1.35. The van der Waals surface area contributed by atoms with Gasteiger partial charge in [-0.1, -0.05) is 66.6 Å². The van der Waals surface area contributed by atoms with Crippen LogP contribution in [0.25, 0.3) is 11.0 Å². The monoisotopic (exact) mass is 510 g/mol. The van der Waals surface area contributed by atoms with E-state index in [4.69, 9.17) is 4.98 Å². The van der Waals surface area contributed by atoms with Crippen molar-refractivity contribution in [3.8, 4) is 0 Å². The van der Waals surface area contributed by atoms with Gasteiger partial charge in [0.15, 0.2) is 0 Å². The molecule has 0 atom stereocenters. The van der Waals surface area contributed by atoms with Crippen LogP contribution in [0.2, 0.25) is 0 Å². The molecule has 1 heterocycles. The lowest BCUT2D eigenvalue weighted by Gasteiger charge is -2.27. The van der Waals surface area contributed by atoms with Crippen molar-refractivity contribution in [1.29, 1.82) is 0 Å². The molecule has 1 aromatic heterocycles. The van der Waals surface area contributed by atoms with Gasteiger partial charge in [-0.25, -0.2) is 4.98 Å². The molecule has 6 heteroatoms. The number of aromatic nitrogens is 2. The lowest BCUT2D eigenvalue weighted by molar-refractivity contribution is -0.134. The van der Waals surface area contributed by atoms with Crippen LogP contribution in [-0.4, -0.2) is 38.9 Å². The number of carbonyl (C=O) groups is 2. The quantitative estimate of drug-likeness (QED) is 0.240. The Labute approximate surface area is 225 Å². The number of hydrogen-bond acceptors (Lipinski definition) is 3. The zero-order valence-electron chi connectivity index (χ0n) is 22.7. The molecule has 0 saturated heterocycles. The lowest BCUT2D eigenvalue weighted by Crippen LogP contribution is -2.38. The van der Waals surface area contributed by atoms with Crippen molar-refractivity contribution < 1.29 is 9.59 Å². The Bertz CT molecular complexity index is 1340. The van der Waals surface area contributed by atoms with E-state index in [1.54, 1.807) is 0 Å². The van der Waals surface area contributed by atoms with E-state index < -0.39 is 0 Å². The third kappa shape index (κ3) is 7.09. The van der Waals surface area contributed by atoms with E-state index in [-0.39, 0.29) is 24.4 Å². The summed E-state index contributed by atoms with van der Waals surface area (Å²) in [5.74, 6) is 0.995. The molecule has 3 aromatic carbocycles. The molecule has 198 valence electrons. The number of rotatable bonds is 12. The second-order valence-corrected chi connectivity index (χ2v) is 10.1. The average molecular weight is 511 g/mol. The molecule has 0 aliphatic heterocycles. The summed E-state index contributed by atoms with van der Waals surface area (Å²) in [6, 6.07) is 25.9. The molecule has 0 spiro atoms. The summed E-state index contributed by atoms with van der Waals surface area (Å²) in [4.78, 5) is 32.6. The Morgan fingerprint density at radius 1 is 0.895 bits per heavy atom. The van der Waals surface area contributed by atoms with Gasteiger partial charge in [0.25, 0.3) is 5.91 Å². The topological polar surface area (TPSA) is 67.2 Å². The van der Waals surface area contributed by atoms with Crippen LogP contribution in [0.1, 0.15) is 60.4 Å². The zero-order chi connectivity index (χ0) is 26.9. The molecule has 0 saturated carbocycles. The van der Waals surface area contributed by atoms with Gasteiger partial charge in [0.05, 0.1) is 11.0 Å². The van der Waals surface area contributed by atoms with E-state index in [9.17, 15) is 9.59 Å². The summed E-state index contributed by atoms with van der Waals surface area (Å²) < 4.78 is 2.08. The van der Waals surface area contributed by atoms with Crippen LogP contribution in [0.15, 0.2) is 78.9 Å². The van der Waals surface area contributed by atoms with E-state index in [0.717, 1.165) is 53.7 Å². The van der Waals surface area contributed by atoms with Crippen molar-refractivity contribution in [1.82, 2.24) is 19.8 Å². The van der Waals surface area contributed by atoms with Gasteiger partial charge in [-0.2, -0.15) is 0 Å². The van der Waals surface area contributed by atoms with Gasteiger partial charge < -0.3 is 14.8 Å². The second-order valence-electron chi connectivity index (χ2n) is 10.1. The number of imidazole rings is 1. The van der Waals surface area contributed by atoms with E-state index in [0.29, 0.717) is 18.7 Å². The predicted octanol–water partition coefficient (Wildman–Crippen LogP) is 5.92. The molecule has 38 heavy (non-hydrogen) atoms. The highest BCUT2D eigenvalue weighted by Crippen LogP contribution is 2.19. The van der Waals surface area contributed by atoms with Gasteiger partial charge in [0, 0.05) is 31.1 Å². The smallest absolute Gasteiger partial charge is 0.251 e. The first-order chi connectivity index (χ1) is 18.4. The van der Waals surface area contributed by atoms with Crippen LogP contribution in [0.3, 0.4) is 0 Å². The van der Waals surface area contributed by atoms with Crippen LogP contribution >= 0.6 is 0 Å². The second kappa shape index (κ2) is 13.0. The molecule has 0 bridgehead atoms. The summed E-state index contributed by atoms with van der Waals surface area (Å²) in [6.07, 6.45) is 3.59. The first-order valence-electron chi connectivity index (χ1n) is 13.5. The van der Waals surface area contributed by atoms with Crippen molar-refractivity contribution in [3.63, 3.8) is 0 Å². The van der Waals surface area contributed by atoms with Crippen molar-refractivity contribution in [2.75, 3.05) is 6.54 Å². The number of para-hydroxylation sites is 2. The SMILES string of the molecule is Cc1ccc(C(=O)NCCCCCc2nc3ccccc3n2CC(=O)N(Cc2ccccc2)C(C)C)cc1. The van der Waals surface area contributed by atoms with E-state index in [2.05, 4.69) is 35.9 Å². The van der Waals surface area contributed by atoms with Gasteiger partial charge in [-0.05, 0) is 63.4 Å². The molecule has 4 rings (SSSR count). The van der Waals surface area contributed by atoms with Crippen LogP contribution in [0.4, 0.5) is 0 Å². The van der Waals surface area contributed by atoms with Crippen molar-refractivity contribution in [3.05, 3.63) is 101 Å². The van der Waals surface area contributed by atoms with Crippen LogP contribution in [0.5, 0.6) is 0 Å². The molecular formula is C32H38N4O2. The summed E-state index contributed by atoms with van der Waals surface area (Å²) in [6.45, 7) is 7.64. The van der Waals surface area contributed by atoms with Gasteiger partial charge in [-0.3, -0.25) is 9.59 Å². The average Bonchev–Trinajstić information content (AvgIpc) is 3.26. The number of unbranched alkanes of at least 4 members (excludes halogenated alkanes) is 2. The molecule has 0 aliphatic carbocycles. The Hall–Kier alpha value is -3.93. The minimum absolute atomic E-state index is 0.0319. The highest BCUT2D eigenvalue weighted by Gasteiger charge is 2.20. The maximum Gasteiger partial charge on any atom is 0.251 e. The Morgan fingerprint density at radius 2 is 1.61 bits per heavy atom. The number of fused-ring (bicyclic) bond motifs is 1. The maximum absolute atomic E-state index is 13.5. The number of nitrogens with zero attached hydrogens (tertiary/aromatic N) is 3. The highest BCUT2D eigenvalue weighted by atomic mass is 16.2. The summed E-state index contributed by atoms with van der Waals surface area (Å²) in [5, 5.41) is 3.01. The largest absolute Gasteiger partial charge is 0.352 e. The fourth-order valence-electron chi connectivity index (χ4n) is 4.65. The molecule has 2 amide bonds. The number of aryl methyl sites for hydroxylation is 2. The zero-order valence-corrected chi connectivity index (χ0v) is 22.7. The fraction of sp³-hybridized carbons (Fsp3) is 0.344. The normalized spacial score (nSPS) is 11.2. The lowest BCUT2D eigenvalue weighted by atomic mass is 10.1. The molecule has 4 aromatic rings. The molecular weight excluding hydrogens is 472 g/mol. The van der Waals surface area contributed by atoms with Crippen molar-refractivity contribution in [2.24, 2.45) is 0 Å². The third-order valence-electron chi connectivity index (χ3n) is 6.84. The van der Waals surface area contributed by atoms with Crippen molar-refractivity contribution >= 4 is 22.8 Å². The number of amides is 2.